The van der Waals surface area contributed by atoms with E-state index in [1.165, 1.54) is 32.2 Å². The Balaban J connectivity index is 2.01. The minimum atomic E-state index is -1.10. The maximum atomic E-state index is 12.3. The fourth-order valence-electron chi connectivity index (χ4n) is 2.35. The molecule has 2 aromatic carbocycles. The van der Waals surface area contributed by atoms with Gasteiger partial charge in [-0.1, -0.05) is 0 Å². The Bertz CT molecular complexity index is 894. The van der Waals surface area contributed by atoms with Crippen molar-refractivity contribution in [3.63, 3.8) is 0 Å². The van der Waals surface area contributed by atoms with Gasteiger partial charge in [-0.3, -0.25) is 14.9 Å². The number of carbonyl (C=O) groups is 2. The molecule has 0 bridgehead atoms. The molecule has 1 N–H and O–H groups in total. The van der Waals surface area contributed by atoms with E-state index in [1.807, 2.05) is 13.8 Å². The van der Waals surface area contributed by atoms with Gasteiger partial charge >= 0.3 is 5.97 Å². The summed E-state index contributed by atoms with van der Waals surface area (Å²) >= 11 is 0. The molecule has 0 aliphatic rings. The smallest absolute Gasteiger partial charge is 0.338 e. The molecule has 154 valence electrons. The highest BCUT2D eigenvalue weighted by Crippen LogP contribution is 2.29. The predicted molar refractivity (Wildman–Crippen MR) is 105 cm³/mol. The first kappa shape index (κ1) is 21.7. The largest absolute Gasteiger partial charge is 0.494 e. The second kappa shape index (κ2) is 9.54. The fraction of sp³-hybridized carbons (Fsp3) is 0.300. The summed E-state index contributed by atoms with van der Waals surface area (Å²) < 4.78 is 15.8. The van der Waals surface area contributed by atoms with Crippen LogP contribution in [-0.4, -0.2) is 36.1 Å². The number of hydrogen-bond acceptors (Lipinski definition) is 7. The number of amides is 1. The van der Waals surface area contributed by atoms with Gasteiger partial charge in [-0.2, -0.15) is 0 Å². The van der Waals surface area contributed by atoms with E-state index in [2.05, 4.69) is 5.32 Å². The van der Waals surface area contributed by atoms with Crippen LogP contribution in [0.5, 0.6) is 11.5 Å². The van der Waals surface area contributed by atoms with Crippen LogP contribution in [0.1, 0.15) is 31.1 Å². The number of carbonyl (C=O) groups excluding carboxylic acids is 2. The number of non-ortho nitro benzene ring substituents is 1. The molecule has 0 saturated heterocycles. The Morgan fingerprint density at radius 1 is 1.07 bits per heavy atom. The molecule has 1 amide bonds. The van der Waals surface area contributed by atoms with Crippen molar-refractivity contribution in [3.05, 3.63) is 58.1 Å². The van der Waals surface area contributed by atoms with Gasteiger partial charge in [0.25, 0.3) is 11.6 Å². The van der Waals surface area contributed by atoms with Gasteiger partial charge in [0, 0.05) is 6.07 Å². The van der Waals surface area contributed by atoms with Crippen LogP contribution in [0.25, 0.3) is 0 Å². The third-order valence-electron chi connectivity index (χ3n) is 3.77. The number of nitrogens with zero attached hydrogens (tertiary/aromatic N) is 1. The number of methoxy groups -OCH3 is 1. The number of ether oxygens (including phenoxy) is 3. The summed E-state index contributed by atoms with van der Waals surface area (Å²) in [5.41, 5.74) is 0.319. The summed E-state index contributed by atoms with van der Waals surface area (Å²) in [5, 5.41) is 13.4. The highest BCUT2D eigenvalue weighted by Gasteiger charge is 2.21. The Hall–Kier alpha value is -3.62. The third-order valence-corrected chi connectivity index (χ3v) is 3.77. The topological polar surface area (TPSA) is 117 Å². The van der Waals surface area contributed by atoms with E-state index in [1.54, 1.807) is 24.3 Å². The number of rotatable bonds is 8. The molecule has 0 aliphatic carbocycles. The van der Waals surface area contributed by atoms with Gasteiger partial charge in [-0.25, -0.2) is 4.79 Å². The van der Waals surface area contributed by atoms with E-state index in [4.69, 9.17) is 14.2 Å². The summed E-state index contributed by atoms with van der Waals surface area (Å²) in [6.45, 7) is 5.20. The van der Waals surface area contributed by atoms with Crippen molar-refractivity contribution >= 4 is 23.3 Å². The molecular weight excluding hydrogens is 380 g/mol. The second-order valence-corrected chi connectivity index (χ2v) is 6.37. The van der Waals surface area contributed by atoms with Crippen molar-refractivity contribution < 1.29 is 28.7 Å². The highest BCUT2D eigenvalue weighted by molar-refractivity contribution is 5.98. The molecule has 2 rings (SSSR count). The molecule has 0 aliphatic heterocycles. The molecule has 0 unspecified atom stereocenters. The summed E-state index contributed by atoms with van der Waals surface area (Å²) in [6.07, 6.45) is -1.10. The van der Waals surface area contributed by atoms with E-state index in [0.29, 0.717) is 5.75 Å². The van der Waals surface area contributed by atoms with Gasteiger partial charge < -0.3 is 19.5 Å². The fourth-order valence-corrected chi connectivity index (χ4v) is 2.35. The molecule has 9 nitrogen and oxygen atoms in total. The van der Waals surface area contributed by atoms with Crippen LogP contribution >= 0.6 is 0 Å². The number of nitro groups is 1. The van der Waals surface area contributed by atoms with Gasteiger partial charge in [0.05, 0.1) is 35.5 Å². The lowest BCUT2D eigenvalue weighted by molar-refractivity contribution is -0.384. The molecule has 0 radical (unpaired) electrons. The summed E-state index contributed by atoms with van der Waals surface area (Å²) in [7, 11) is 1.32. The minimum Gasteiger partial charge on any atom is -0.494 e. The Kier molecular flexibility index (Phi) is 7.13. The molecule has 2 aromatic rings. The van der Waals surface area contributed by atoms with Crippen LogP contribution in [0.3, 0.4) is 0 Å². The number of nitrogens with one attached hydrogen (secondary N) is 1. The van der Waals surface area contributed by atoms with Crippen LogP contribution in [0.4, 0.5) is 11.4 Å². The van der Waals surface area contributed by atoms with E-state index in [0.717, 1.165) is 0 Å². The normalized spacial score (nSPS) is 11.5. The second-order valence-electron chi connectivity index (χ2n) is 6.37. The quantitative estimate of drug-likeness (QED) is 0.407. The molecule has 0 heterocycles. The zero-order chi connectivity index (χ0) is 21.6. The minimum absolute atomic E-state index is 0.00734. The lowest BCUT2D eigenvalue weighted by atomic mass is 10.2. The molecule has 0 spiro atoms. The van der Waals surface area contributed by atoms with Crippen LogP contribution in [0.2, 0.25) is 0 Å². The molecule has 0 fully saturated rings. The molecular formula is C20H22N2O7. The van der Waals surface area contributed by atoms with Gasteiger partial charge in [-0.15, -0.1) is 0 Å². The van der Waals surface area contributed by atoms with Crippen LogP contribution in [0.15, 0.2) is 42.5 Å². The van der Waals surface area contributed by atoms with Crippen molar-refractivity contribution in [2.75, 3.05) is 12.4 Å². The van der Waals surface area contributed by atoms with Crippen molar-refractivity contribution in [2.24, 2.45) is 0 Å². The molecule has 29 heavy (non-hydrogen) atoms. The predicted octanol–water partition coefficient (Wildman–Crippen LogP) is 3.57. The maximum absolute atomic E-state index is 12.3. The number of nitro benzene ring substituents is 1. The number of esters is 1. The summed E-state index contributed by atoms with van der Waals surface area (Å²) in [6, 6.07) is 10.1. The molecule has 1 atom stereocenters. The summed E-state index contributed by atoms with van der Waals surface area (Å²) in [4.78, 5) is 34.9. The van der Waals surface area contributed by atoms with E-state index in [-0.39, 0.29) is 28.8 Å². The number of anilines is 1. The lowest BCUT2D eigenvalue weighted by Crippen LogP contribution is -2.30. The summed E-state index contributed by atoms with van der Waals surface area (Å²) in [5.74, 6) is -0.538. The average molecular weight is 402 g/mol. The van der Waals surface area contributed by atoms with E-state index < -0.39 is 22.9 Å². The van der Waals surface area contributed by atoms with E-state index >= 15 is 0 Å². The highest BCUT2D eigenvalue weighted by atomic mass is 16.6. The van der Waals surface area contributed by atoms with Gasteiger partial charge in [0.15, 0.2) is 6.10 Å². The first-order chi connectivity index (χ1) is 13.7. The Labute approximate surface area is 167 Å². The Morgan fingerprint density at radius 2 is 1.72 bits per heavy atom. The monoisotopic (exact) mass is 402 g/mol. The van der Waals surface area contributed by atoms with Crippen molar-refractivity contribution in [1.29, 1.82) is 0 Å². The van der Waals surface area contributed by atoms with Crippen LogP contribution < -0.4 is 14.8 Å². The Morgan fingerprint density at radius 3 is 2.28 bits per heavy atom. The zero-order valence-electron chi connectivity index (χ0n) is 16.5. The van der Waals surface area contributed by atoms with Gasteiger partial charge in [0.2, 0.25) is 0 Å². The van der Waals surface area contributed by atoms with Crippen LogP contribution in [-0.2, 0) is 9.53 Å². The number of hydrogen-bond donors (Lipinski definition) is 1. The maximum Gasteiger partial charge on any atom is 0.338 e. The first-order valence-electron chi connectivity index (χ1n) is 8.82. The van der Waals surface area contributed by atoms with E-state index in [9.17, 15) is 19.7 Å². The molecule has 0 aromatic heterocycles. The van der Waals surface area contributed by atoms with Gasteiger partial charge in [-0.05, 0) is 51.1 Å². The van der Waals surface area contributed by atoms with Crippen molar-refractivity contribution in [3.8, 4) is 11.5 Å². The van der Waals surface area contributed by atoms with Crippen molar-refractivity contribution in [1.82, 2.24) is 0 Å². The SMILES string of the molecule is COc1cc([N+](=O)[O-])ccc1NC(=O)[C@@H](C)OC(=O)c1ccc(OC(C)C)cc1. The third kappa shape index (κ3) is 5.93. The van der Waals surface area contributed by atoms with Gasteiger partial charge in [0.1, 0.15) is 11.5 Å². The molecule has 9 heteroatoms. The standard InChI is InChI=1S/C20H22N2O7/c1-12(2)28-16-8-5-14(6-9-16)20(24)29-13(3)19(23)21-17-10-7-15(22(25)26)11-18(17)27-4/h5-13H,1-4H3,(H,21,23)/t13-/m1/s1. The molecule has 0 saturated carbocycles. The van der Waals surface area contributed by atoms with Crippen molar-refractivity contribution in [2.45, 2.75) is 33.0 Å². The average Bonchev–Trinajstić information content (AvgIpc) is 2.67. The van der Waals surface area contributed by atoms with Crippen LogP contribution in [0, 0.1) is 10.1 Å². The lowest BCUT2D eigenvalue weighted by Gasteiger charge is -2.15. The first-order valence-corrected chi connectivity index (χ1v) is 8.82. The zero-order valence-corrected chi connectivity index (χ0v) is 16.5. The number of benzene rings is 2.